The van der Waals surface area contributed by atoms with E-state index in [0.717, 1.165) is 34.1 Å². The molecule has 4 nitrogen and oxygen atoms in total. The number of fused-ring (bicyclic) bond motifs is 1. The van der Waals surface area contributed by atoms with Gasteiger partial charge in [-0.3, -0.25) is 4.57 Å². The average Bonchev–Trinajstić information content (AvgIpc) is 2.84. The van der Waals surface area contributed by atoms with Crippen LogP contribution in [0.4, 0.5) is 0 Å². The van der Waals surface area contributed by atoms with Crippen LogP contribution in [-0.4, -0.2) is 21.6 Å². The maximum Gasteiger partial charge on any atom is 0.165 e. The zero-order valence-corrected chi connectivity index (χ0v) is 12.1. The minimum atomic E-state index is 0.313. The molecule has 0 aliphatic heterocycles. The number of alkyl halides is 1. The second-order valence-corrected chi connectivity index (χ2v) is 4.73. The third-order valence-electron chi connectivity index (χ3n) is 3.16. The van der Waals surface area contributed by atoms with Gasteiger partial charge in [0, 0.05) is 5.69 Å². The highest BCUT2D eigenvalue weighted by molar-refractivity contribution is 6.17. The van der Waals surface area contributed by atoms with Crippen molar-refractivity contribution in [2.75, 3.05) is 7.11 Å². The zero-order chi connectivity index (χ0) is 14.1. The van der Waals surface area contributed by atoms with Gasteiger partial charge in [0.1, 0.15) is 17.1 Å². The number of rotatable bonds is 3. The molecular weight excluding hydrogens is 274 g/mol. The molecule has 1 aromatic carbocycles. The van der Waals surface area contributed by atoms with E-state index in [4.69, 9.17) is 16.3 Å². The molecule has 0 aliphatic rings. The lowest BCUT2D eigenvalue weighted by molar-refractivity contribution is 0.413. The summed E-state index contributed by atoms with van der Waals surface area (Å²) in [7, 11) is 1.65. The molecule has 0 spiro atoms. The van der Waals surface area contributed by atoms with E-state index in [1.54, 1.807) is 7.11 Å². The van der Waals surface area contributed by atoms with Crippen LogP contribution in [0, 0.1) is 6.92 Å². The summed E-state index contributed by atoms with van der Waals surface area (Å²) in [6.45, 7) is 1.96. The Morgan fingerprint density at radius 1 is 1.15 bits per heavy atom. The van der Waals surface area contributed by atoms with Crippen LogP contribution in [-0.2, 0) is 5.88 Å². The van der Waals surface area contributed by atoms with Gasteiger partial charge in [-0.2, -0.15) is 0 Å². The number of halogens is 1. The summed E-state index contributed by atoms with van der Waals surface area (Å²) in [6, 6.07) is 11.7. The molecule has 0 amide bonds. The van der Waals surface area contributed by atoms with Crippen LogP contribution in [0.5, 0.6) is 5.75 Å². The van der Waals surface area contributed by atoms with Gasteiger partial charge in [0.25, 0.3) is 0 Å². The van der Waals surface area contributed by atoms with E-state index in [2.05, 4.69) is 9.97 Å². The molecule has 0 radical (unpaired) electrons. The molecule has 2 heterocycles. The molecule has 0 saturated carbocycles. The van der Waals surface area contributed by atoms with Crippen LogP contribution < -0.4 is 4.74 Å². The third-order valence-corrected chi connectivity index (χ3v) is 3.40. The lowest BCUT2D eigenvalue weighted by Crippen LogP contribution is -2.03. The van der Waals surface area contributed by atoms with Crippen LogP contribution in [0.25, 0.3) is 16.9 Å². The molecular formula is C15H14ClN3O. The molecule has 0 N–H and O–H groups in total. The Morgan fingerprint density at radius 2 is 1.95 bits per heavy atom. The Bertz CT molecular complexity index is 767. The van der Waals surface area contributed by atoms with Crippen molar-refractivity contribution >= 4 is 22.8 Å². The SMILES string of the molecule is COc1ccccc1-n1c(CCl)nc2ccc(C)nc21. The van der Waals surface area contributed by atoms with Crippen molar-refractivity contribution in [3.63, 3.8) is 0 Å². The van der Waals surface area contributed by atoms with Crippen LogP contribution in [0.3, 0.4) is 0 Å². The van der Waals surface area contributed by atoms with Crippen molar-refractivity contribution in [2.45, 2.75) is 12.8 Å². The normalized spacial score (nSPS) is 10.9. The average molecular weight is 288 g/mol. The van der Waals surface area contributed by atoms with Crippen LogP contribution in [0.2, 0.25) is 0 Å². The number of methoxy groups -OCH3 is 1. The Balaban J connectivity index is 2.36. The predicted molar refractivity (Wildman–Crippen MR) is 79.7 cm³/mol. The minimum absolute atomic E-state index is 0.313. The molecule has 2 aromatic heterocycles. The van der Waals surface area contributed by atoms with Crippen LogP contribution in [0.1, 0.15) is 11.5 Å². The minimum Gasteiger partial charge on any atom is -0.495 e. The monoisotopic (exact) mass is 287 g/mol. The first-order valence-corrected chi connectivity index (χ1v) is 6.82. The number of hydrogen-bond acceptors (Lipinski definition) is 3. The fourth-order valence-electron chi connectivity index (χ4n) is 2.26. The number of ether oxygens (including phenoxy) is 1. The van der Waals surface area contributed by atoms with Gasteiger partial charge >= 0.3 is 0 Å². The summed E-state index contributed by atoms with van der Waals surface area (Å²) < 4.78 is 7.38. The summed E-state index contributed by atoms with van der Waals surface area (Å²) in [5.41, 5.74) is 3.46. The van der Waals surface area contributed by atoms with Crippen molar-refractivity contribution in [1.29, 1.82) is 0 Å². The fourth-order valence-corrected chi connectivity index (χ4v) is 2.44. The third kappa shape index (κ3) is 2.02. The van der Waals surface area contributed by atoms with Gasteiger partial charge in [-0.05, 0) is 31.2 Å². The summed E-state index contributed by atoms with van der Waals surface area (Å²) in [6.07, 6.45) is 0. The molecule has 0 aliphatic carbocycles. The van der Waals surface area contributed by atoms with E-state index in [1.807, 2.05) is 47.9 Å². The van der Waals surface area contributed by atoms with Crippen molar-refractivity contribution in [1.82, 2.24) is 14.5 Å². The maximum absolute atomic E-state index is 6.04. The van der Waals surface area contributed by atoms with E-state index >= 15 is 0 Å². The van der Waals surface area contributed by atoms with Crippen molar-refractivity contribution in [3.8, 4) is 11.4 Å². The lowest BCUT2D eigenvalue weighted by atomic mass is 10.3. The Hall–Kier alpha value is -2.07. The second kappa shape index (κ2) is 5.13. The Morgan fingerprint density at radius 3 is 2.70 bits per heavy atom. The van der Waals surface area contributed by atoms with Crippen molar-refractivity contribution in [3.05, 3.63) is 47.9 Å². The summed E-state index contributed by atoms with van der Waals surface area (Å²) in [4.78, 5) is 9.12. The number of benzene rings is 1. The van der Waals surface area contributed by atoms with Crippen molar-refractivity contribution < 1.29 is 4.74 Å². The molecule has 0 saturated heterocycles. The van der Waals surface area contributed by atoms with Gasteiger partial charge in [0.05, 0.1) is 18.7 Å². The first kappa shape index (κ1) is 12.9. The quantitative estimate of drug-likeness (QED) is 0.693. The summed E-state index contributed by atoms with van der Waals surface area (Å²) in [5, 5.41) is 0. The maximum atomic E-state index is 6.04. The Labute approximate surface area is 122 Å². The molecule has 0 fully saturated rings. The highest BCUT2D eigenvalue weighted by Gasteiger charge is 2.15. The second-order valence-electron chi connectivity index (χ2n) is 4.46. The highest BCUT2D eigenvalue weighted by atomic mass is 35.5. The highest BCUT2D eigenvalue weighted by Crippen LogP contribution is 2.28. The molecule has 0 atom stereocenters. The van der Waals surface area contributed by atoms with Crippen molar-refractivity contribution in [2.24, 2.45) is 0 Å². The van der Waals surface area contributed by atoms with Gasteiger partial charge in [-0.15, -0.1) is 11.6 Å². The topological polar surface area (TPSA) is 39.9 Å². The van der Waals surface area contributed by atoms with E-state index in [1.165, 1.54) is 0 Å². The number of nitrogens with zero attached hydrogens (tertiary/aromatic N) is 3. The largest absolute Gasteiger partial charge is 0.495 e. The first-order chi connectivity index (χ1) is 9.74. The molecule has 0 bridgehead atoms. The summed E-state index contributed by atoms with van der Waals surface area (Å²) >= 11 is 6.04. The van der Waals surface area contributed by atoms with E-state index in [-0.39, 0.29) is 0 Å². The molecule has 5 heteroatoms. The van der Waals surface area contributed by atoms with Crippen LogP contribution in [0.15, 0.2) is 36.4 Å². The van der Waals surface area contributed by atoms with Gasteiger partial charge in [-0.25, -0.2) is 9.97 Å². The number of imidazole rings is 1. The standard InChI is InChI=1S/C15H14ClN3O/c1-10-7-8-11-15(17-10)19(14(9-16)18-11)12-5-3-4-6-13(12)20-2/h3-8H,9H2,1-2H3. The molecule has 20 heavy (non-hydrogen) atoms. The number of aryl methyl sites for hydroxylation is 1. The van der Waals surface area contributed by atoms with Gasteiger partial charge in [-0.1, -0.05) is 12.1 Å². The number of hydrogen-bond donors (Lipinski definition) is 0. The smallest absolute Gasteiger partial charge is 0.165 e. The number of para-hydroxylation sites is 2. The van der Waals surface area contributed by atoms with E-state index < -0.39 is 0 Å². The number of pyridine rings is 1. The lowest BCUT2D eigenvalue weighted by Gasteiger charge is -2.11. The van der Waals surface area contributed by atoms with Crippen LogP contribution >= 0.6 is 11.6 Å². The molecule has 3 aromatic rings. The van der Waals surface area contributed by atoms with Gasteiger partial charge in [0.15, 0.2) is 5.65 Å². The van der Waals surface area contributed by atoms with E-state index in [0.29, 0.717) is 5.88 Å². The first-order valence-electron chi connectivity index (χ1n) is 6.29. The summed E-state index contributed by atoms with van der Waals surface area (Å²) in [5.74, 6) is 1.83. The predicted octanol–water partition coefficient (Wildman–Crippen LogP) is 3.48. The molecule has 102 valence electrons. The number of aromatic nitrogens is 3. The zero-order valence-electron chi connectivity index (χ0n) is 11.3. The molecule has 3 rings (SSSR count). The van der Waals surface area contributed by atoms with Gasteiger partial charge < -0.3 is 4.74 Å². The van der Waals surface area contributed by atoms with E-state index in [9.17, 15) is 0 Å². The van der Waals surface area contributed by atoms with Gasteiger partial charge in [0.2, 0.25) is 0 Å². The molecule has 0 unspecified atom stereocenters. The fraction of sp³-hybridized carbons (Fsp3) is 0.200. The Kier molecular flexibility index (Phi) is 3.32.